The van der Waals surface area contributed by atoms with Crippen LogP contribution in [0.25, 0.3) is 0 Å². The fourth-order valence-electron chi connectivity index (χ4n) is 3.09. The van der Waals surface area contributed by atoms with Gasteiger partial charge >= 0.3 is 5.97 Å². The van der Waals surface area contributed by atoms with Crippen LogP contribution < -0.4 is 0 Å². The topological polar surface area (TPSA) is 46.5 Å². The van der Waals surface area contributed by atoms with E-state index in [-0.39, 0.29) is 11.7 Å². The van der Waals surface area contributed by atoms with Gasteiger partial charge in [0, 0.05) is 6.61 Å². The Bertz CT molecular complexity index is 457. The number of hydrogen-bond donors (Lipinski definition) is 1. The minimum Gasteiger partial charge on any atom is -0.478 e. The molecule has 1 N–H and O–H groups in total. The molecule has 0 aliphatic carbocycles. The van der Waals surface area contributed by atoms with E-state index in [9.17, 15) is 9.90 Å². The van der Waals surface area contributed by atoms with Crippen LogP contribution in [0.3, 0.4) is 0 Å². The Labute approximate surface area is 141 Å². The first-order chi connectivity index (χ1) is 10.9. The zero-order chi connectivity index (χ0) is 17.4. The van der Waals surface area contributed by atoms with Crippen molar-refractivity contribution in [2.24, 2.45) is 11.8 Å². The van der Waals surface area contributed by atoms with Gasteiger partial charge in [0.1, 0.15) is 0 Å². The van der Waals surface area contributed by atoms with Crippen LogP contribution in [0.5, 0.6) is 0 Å². The fourth-order valence-corrected chi connectivity index (χ4v) is 3.09. The minimum atomic E-state index is -0.925. The van der Waals surface area contributed by atoms with E-state index in [1.54, 1.807) is 13.0 Å². The maximum Gasteiger partial charge on any atom is 0.335 e. The van der Waals surface area contributed by atoms with Crippen molar-refractivity contribution in [3.8, 4) is 0 Å². The molecule has 3 nitrogen and oxygen atoms in total. The summed E-state index contributed by atoms with van der Waals surface area (Å²) in [6.45, 7) is 12.9. The Kier molecular flexibility index (Phi) is 8.32. The second-order valence-corrected chi connectivity index (χ2v) is 6.65. The van der Waals surface area contributed by atoms with Gasteiger partial charge in [0.25, 0.3) is 0 Å². The first-order valence-corrected chi connectivity index (χ1v) is 8.83. The molecule has 0 aromatic heterocycles. The normalized spacial score (nSPS) is 24.9. The molecule has 1 aliphatic rings. The third-order valence-electron chi connectivity index (χ3n) is 4.89. The van der Waals surface area contributed by atoms with Crippen LogP contribution in [-0.4, -0.2) is 23.8 Å². The Balaban J connectivity index is 3.12. The summed E-state index contributed by atoms with van der Waals surface area (Å²) in [6.07, 6.45) is 9.34. The van der Waals surface area contributed by atoms with Gasteiger partial charge in [0.2, 0.25) is 0 Å². The van der Waals surface area contributed by atoms with E-state index in [4.69, 9.17) is 4.74 Å². The number of carboxylic acids is 1. The maximum absolute atomic E-state index is 11.3. The average Bonchev–Trinajstić information content (AvgIpc) is 2.75. The molecule has 0 aromatic carbocycles. The molecule has 0 bridgehead atoms. The number of ether oxygens (including phenoxy) is 1. The molecule has 3 unspecified atom stereocenters. The molecule has 1 aliphatic heterocycles. The van der Waals surface area contributed by atoms with Crippen LogP contribution >= 0.6 is 0 Å². The number of allylic oxidation sites excluding steroid dienone is 2. The van der Waals surface area contributed by atoms with Crippen molar-refractivity contribution >= 4 is 5.97 Å². The molecule has 1 saturated heterocycles. The van der Waals surface area contributed by atoms with Crippen molar-refractivity contribution in [1.29, 1.82) is 0 Å². The summed E-state index contributed by atoms with van der Waals surface area (Å²) in [5.74, 6) is 0.150. The van der Waals surface area contributed by atoms with E-state index in [1.807, 2.05) is 6.08 Å². The zero-order valence-corrected chi connectivity index (χ0v) is 15.1. The standard InChI is InChI=1S/C20H32O3/c1-6-15(5)18(11-10-17(14(3)4)20(21)22)19-13-16(7-2)9-8-12-23-19/h10-11,15-16,19H,3,6-9,12-13H2,1-2,4-5H3,(H,21,22)/b17-10+,18-11+. The van der Waals surface area contributed by atoms with Crippen LogP contribution in [0.1, 0.15) is 59.8 Å². The van der Waals surface area contributed by atoms with Gasteiger partial charge in [-0.25, -0.2) is 4.79 Å². The third kappa shape index (κ3) is 5.98. The van der Waals surface area contributed by atoms with E-state index in [1.165, 1.54) is 18.4 Å². The smallest absolute Gasteiger partial charge is 0.335 e. The summed E-state index contributed by atoms with van der Waals surface area (Å²) in [7, 11) is 0. The summed E-state index contributed by atoms with van der Waals surface area (Å²) in [5, 5.41) is 9.30. The Morgan fingerprint density at radius 2 is 2.09 bits per heavy atom. The van der Waals surface area contributed by atoms with Crippen molar-refractivity contribution in [1.82, 2.24) is 0 Å². The highest BCUT2D eigenvalue weighted by Crippen LogP contribution is 2.31. The van der Waals surface area contributed by atoms with Gasteiger partial charge in [-0.2, -0.15) is 0 Å². The monoisotopic (exact) mass is 320 g/mol. The van der Waals surface area contributed by atoms with Crippen molar-refractivity contribution in [2.45, 2.75) is 65.9 Å². The predicted octanol–water partition coefficient (Wildman–Crippen LogP) is 5.14. The number of hydrogen-bond acceptors (Lipinski definition) is 2. The molecule has 0 spiro atoms. The first-order valence-electron chi connectivity index (χ1n) is 8.83. The number of carboxylic acid groups (broad SMARTS) is 1. The van der Waals surface area contributed by atoms with Gasteiger partial charge in [-0.1, -0.05) is 39.8 Å². The average molecular weight is 320 g/mol. The predicted molar refractivity (Wildman–Crippen MR) is 95.4 cm³/mol. The van der Waals surface area contributed by atoms with Gasteiger partial charge in [0.15, 0.2) is 0 Å². The number of carbonyl (C=O) groups is 1. The SMILES string of the molecule is C=C(C)/C(=C\C=C(/C(C)CC)C1CC(CC)CCCO1)C(=O)O. The van der Waals surface area contributed by atoms with Gasteiger partial charge in [-0.05, 0) is 61.7 Å². The van der Waals surface area contributed by atoms with E-state index < -0.39 is 5.97 Å². The highest BCUT2D eigenvalue weighted by molar-refractivity contribution is 5.91. The van der Waals surface area contributed by atoms with Crippen molar-refractivity contribution in [3.63, 3.8) is 0 Å². The maximum atomic E-state index is 11.3. The van der Waals surface area contributed by atoms with Crippen molar-refractivity contribution in [2.75, 3.05) is 6.61 Å². The molecule has 3 heteroatoms. The molecule has 1 rings (SSSR count). The van der Waals surface area contributed by atoms with Crippen LogP contribution in [0.15, 0.2) is 35.5 Å². The number of aliphatic carboxylic acids is 1. The molecule has 0 radical (unpaired) electrons. The van der Waals surface area contributed by atoms with Crippen LogP contribution in [0.2, 0.25) is 0 Å². The van der Waals surface area contributed by atoms with Crippen LogP contribution in [0.4, 0.5) is 0 Å². The molecule has 1 heterocycles. The highest BCUT2D eigenvalue weighted by atomic mass is 16.5. The quantitative estimate of drug-likeness (QED) is 0.522. The van der Waals surface area contributed by atoms with Gasteiger partial charge in [-0.3, -0.25) is 0 Å². The lowest BCUT2D eigenvalue weighted by atomic mass is 9.86. The van der Waals surface area contributed by atoms with E-state index in [0.717, 1.165) is 25.9 Å². The third-order valence-corrected chi connectivity index (χ3v) is 4.89. The lowest BCUT2D eigenvalue weighted by molar-refractivity contribution is -0.132. The van der Waals surface area contributed by atoms with Crippen molar-refractivity contribution < 1.29 is 14.6 Å². The molecule has 130 valence electrons. The molecular weight excluding hydrogens is 288 g/mol. The lowest BCUT2D eigenvalue weighted by Crippen LogP contribution is -2.21. The van der Waals surface area contributed by atoms with Crippen LogP contribution in [-0.2, 0) is 9.53 Å². The largest absolute Gasteiger partial charge is 0.478 e. The molecule has 0 amide bonds. The molecule has 3 atom stereocenters. The van der Waals surface area contributed by atoms with E-state index in [0.29, 0.717) is 17.4 Å². The second kappa shape index (κ2) is 9.71. The summed E-state index contributed by atoms with van der Waals surface area (Å²) < 4.78 is 6.11. The Hall–Kier alpha value is -1.35. The zero-order valence-electron chi connectivity index (χ0n) is 15.1. The van der Waals surface area contributed by atoms with Gasteiger partial charge < -0.3 is 9.84 Å². The van der Waals surface area contributed by atoms with E-state index in [2.05, 4.69) is 27.4 Å². The Morgan fingerprint density at radius 1 is 1.39 bits per heavy atom. The molecule has 23 heavy (non-hydrogen) atoms. The molecule has 0 aromatic rings. The highest BCUT2D eigenvalue weighted by Gasteiger charge is 2.25. The van der Waals surface area contributed by atoms with Crippen molar-refractivity contribution in [3.05, 3.63) is 35.5 Å². The van der Waals surface area contributed by atoms with Gasteiger partial charge in [-0.15, -0.1) is 0 Å². The van der Waals surface area contributed by atoms with Crippen LogP contribution in [0, 0.1) is 11.8 Å². The fraction of sp³-hybridized carbons (Fsp3) is 0.650. The summed E-state index contributed by atoms with van der Waals surface area (Å²) >= 11 is 0. The van der Waals surface area contributed by atoms with E-state index >= 15 is 0 Å². The Morgan fingerprint density at radius 3 is 2.61 bits per heavy atom. The minimum absolute atomic E-state index is 0.105. The molecule has 0 saturated carbocycles. The number of rotatable bonds is 7. The summed E-state index contributed by atoms with van der Waals surface area (Å²) in [6, 6.07) is 0. The summed E-state index contributed by atoms with van der Waals surface area (Å²) in [5.41, 5.74) is 2.06. The van der Waals surface area contributed by atoms with Gasteiger partial charge in [0.05, 0.1) is 11.7 Å². The molecule has 1 fully saturated rings. The summed E-state index contributed by atoms with van der Waals surface area (Å²) in [4.78, 5) is 11.3. The molecular formula is C20H32O3. The first kappa shape index (κ1) is 19.7. The second-order valence-electron chi connectivity index (χ2n) is 6.65. The lowest BCUT2D eigenvalue weighted by Gasteiger charge is -2.25.